The van der Waals surface area contributed by atoms with E-state index in [4.69, 9.17) is 4.74 Å². The minimum Gasteiger partial charge on any atom is -0.494 e. The third-order valence-electron chi connectivity index (χ3n) is 4.14. The van der Waals surface area contributed by atoms with Crippen LogP contribution < -0.4 is 10.1 Å². The molecule has 7 heteroatoms. The summed E-state index contributed by atoms with van der Waals surface area (Å²) in [5, 5.41) is 11.5. The molecule has 0 fully saturated rings. The zero-order chi connectivity index (χ0) is 18.7. The lowest BCUT2D eigenvalue weighted by molar-refractivity contribution is 0.0948. The average Bonchev–Trinajstić information content (AvgIpc) is 3.25. The van der Waals surface area contributed by atoms with E-state index in [9.17, 15) is 9.18 Å². The lowest BCUT2D eigenvalue weighted by Gasteiger charge is -2.19. The van der Waals surface area contributed by atoms with Gasteiger partial charge in [-0.1, -0.05) is 0 Å². The van der Waals surface area contributed by atoms with Gasteiger partial charge in [0.15, 0.2) is 11.6 Å². The van der Waals surface area contributed by atoms with Gasteiger partial charge < -0.3 is 10.1 Å². The van der Waals surface area contributed by atoms with E-state index in [0.29, 0.717) is 6.54 Å². The number of hydrogen-bond acceptors (Lipinski definition) is 4. The summed E-state index contributed by atoms with van der Waals surface area (Å²) in [4.78, 5) is 12.4. The van der Waals surface area contributed by atoms with E-state index >= 15 is 0 Å². The fraction of sp³-hybridized carbons (Fsp3) is 0.263. The van der Waals surface area contributed by atoms with Crippen LogP contribution >= 0.6 is 11.3 Å². The summed E-state index contributed by atoms with van der Waals surface area (Å²) in [5.74, 6) is -0.790. The van der Waals surface area contributed by atoms with Gasteiger partial charge in [0.2, 0.25) is 0 Å². The molecule has 0 spiro atoms. The summed E-state index contributed by atoms with van der Waals surface area (Å²) in [6.07, 6.45) is 0. The number of methoxy groups -OCH3 is 1. The van der Waals surface area contributed by atoms with E-state index in [1.807, 2.05) is 41.4 Å². The number of ether oxygens (including phenoxy) is 1. The van der Waals surface area contributed by atoms with Gasteiger partial charge in [-0.25, -0.2) is 4.39 Å². The topological polar surface area (TPSA) is 56.1 Å². The third-order valence-corrected chi connectivity index (χ3v) is 4.84. The molecule has 2 heterocycles. The van der Waals surface area contributed by atoms with Gasteiger partial charge in [0, 0.05) is 17.8 Å². The smallest absolute Gasteiger partial charge is 0.251 e. The number of nitrogens with one attached hydrogen (secondary N) is 1. The number of amides is 1. The van der Waals surface area contributed by atoms with E-state index in [1.165, 1.54) is 19.2 Å². The van der Waals surface area contributed by atoms with Gasteiger partial charge in [0.1, 0.15) is 0 Å². The van der Waals surface area contributed by atoms with E-state index in [1.54, 1.807) is 17.4 Å². The highest BCUT2D eigenvalue weighted by atomic mass is 32.1. The highest BCUT2D eigenvalue weighted by molar-refractivity contribution is 7.07. The predicted octanol–water partition coefficient (Wildman–Crippen LogP) is 3.73. The van der Waals surface area contributed by atoms with Crippen LogP contribution in [-0.2, 0) is 0 Å². The average molecular weight is 373 g/mol. The monoisotopic (exact) mass is 373 g/mol. The molecule has 0 bridgehead atoms. The zero-order valence-electron chi connectivity index (χ0n) is 14.8. The van der Waals surface area contributed by atoms with Gasteiger partial charge >= 0.3 is 0 Å². The first-order valence-electron chi connectivity index (χ1n) is 8.16. The molecule has 0 aliphatic rings. The first-order valence-corrected chi connectivity index (χ1v) is 9.10. The summed E-state index contributed by atoms with van der Waals surface area (Å²) in [6, 6.07) is 8.06. The number of halogens is 1. The van der Waals surface area contributed by atoms with Crippen molar-refractivity contribution in [1.29, 1.82) is 0 Å². The Morgan fingerprint density at radius 3 is 2.73 bits per heavy atom. The van der Waals surface area contributed by atoms with Crippen molar-refractivity contribution in [2.75, 3.05) is 13.7 Å². The van der Waals surface area contributed by atoms with Crippen molar-refractivity contribution in [1.82, 2.24) is 15.1 Å². The van der Waals surface area contributed by atoms with Gasteiger partial charge in [0.05, 0.1) is 18.8 Å². The highest BCUT2D eigenvalue weighted by Crippen LogP contribution is 2.23. The minimum atomic E-state index is -0.562. The van der Waals surface area contributed by atoms with E-state index in [0.717, 1.165) is 17.0 Å². The molecule has 1 aromatic carbocycles. The number of carbonyl (C=O) groups excluding carboxylic acids is 1. The third kappa shape index (κ3) is 3.77. The van der Waals surface area contributed by atoms with Crippen LogP contribution in [0.25, 0.3) is 0 Å². The normalized spacial score (nSPS) is 12.0. The number of aryl methyl sites for hydroxylation is 2. The van der Waals surface area contributed by atoms with Crippen molar-refractivity contribution in [3.63, 3.8) is 0 Å². The molecular formula is C19H20FN3O2S. The fourth-order valence-electron chi connectivity index (χ4n) is 2.87. The number of aromatic nitrogens is 2. The molecule has 0 saturated carbocycles. The molecule has 26 heavy (non-hydrogen) atoms. The molecule has 3 aromatic rings. The number of rotatable bonds is 6. The molecule has 2 aromatic heterocycles. The lowest BCUT2D eigenvalue weighted by atomic mass is 10.1. The molecule has 1 N–H and O–H groups in total. The van der Waals surface area contributed by atoms with E-state index in [-0.39, 0.29) is 23.3 Å². The zero-order valence-corrected chi connectivity index (χ0v) is 15.6. The van der Waals surface area contributed by atoms with Gasteiger partial charge in [-0.3, -0.25) is 9.48 Å². The van der Waals surface area contributed by atoms with Crippen LogP contribution in [0.5, 0.6) is 5.75 Å². The maximum atomic E-state index is 13.8. The predicted molar refractivity (Wildman–Crippen MR) is 99.4 cm³/mol. The van der Waals surface area contributed by atoms with Crippen molar-refractivity contribution >= 4 is 17.2 Å². The summed E-state index contributed by atoms with van der Waals surface area (Å²) < 4.78 is 20.6. The molecule has 5 nitrogen and oxygen atoms in total. The van der Waals surface area contributed by atoms with Gasteiger partial charge in [-0.15, -0.1) is 0 Å². The van der Waals surface area contributed by atoms with Crippen LogP contribution in [0.1, 0.15) is 33.4 Å². The standard InChI is InChI=1S/C19H20FN3O2S/c1-12-8-13(2)23(22-12)17(15-6-7-26-11-15)10-21-19(24)14-4-5-18(25-3)16(20)9-14/h4-9,11,17H,10H2,1-3H3,(H,21,24)/t17-/m1/s1. The molecule has 0 radical (unpaired) electrons. The largest absolute Gasteiger partial charge is 0.494 e. The molecule has 0 unspecified atom stereocenters. The summed E-state index contributed by atoms with van der Waals surface area (Å²) in [5.41, 5.74) is 3.26. The second-order valence-corrected chi connectivity index (χ2v) is 6.78. The number of hydrogen-bond donors (Lipinski definition) is 1. The Labute approximate surface area is 155 Å². The summed E-state index contributed by atoms with van der Waals surface area (Å²) >= 11 is 1.59. The van der Waals surface area contributed by atoms with Crippen molar-refractivity contribution in [3.05, 3.63) is 69.4 Å². The number of benzene rings is 1. The van der Waals surface area contributed by atoms with Crippen LogP contribution in [0.3, 0.4) is 0 Å². The van der Waals surface area contributed by atoms with Crippen LogP contribution in [0.15, 0.2) is 41.1 Å². The number of nitrogens with zero attached hydrogens (tertiary/aromatic N) is 2. The Kier molecular flexibility index (Phi) is 5.37. The maximum Gasteiger partial charge on any atom is 0.251 e. The Balaban J connectivity index is 1.79. The molecule has 0 aliphatic carbocycles. The molecule has 0 aliphatic heterocycles. The fourth-order valence-corrected chi connectivity index (χ4v) is 3.58. The Bertz CT molecular complexity index is 906. The van der Waals surface area contributed by atoms with Crippen molar-refractivity contribution < 1.29 is 13.9 Å². The SMILES string of the molecule is COc1ccc(C(=O)NC[C@H](c2ccsc2)n2nc(C)cc2C)cc1F. The Hall–Kier alpha value is -2.67. The second kappa shape index (κ2) is 7.70. The van der Waals surface area contributed by atoms with Gasteiger partial charge in [-0.2, -0.15) is 16.4 Å². The van der Waals surface area contributed by atoms with Crippen molar-refractivity contribution in [2.24, 2.45) is 0 Å². The van der Waals surface area contributed by atoms with Crippen molar-refractivity contribution in [3.8, 4) is 5.75 Å². The number of thiophene rings is 1. The van der Waals surface area contributed by atoms with Crippen LogP contribution in [0.4, 0.5) is 4.39 Å². The van der Waals surface area contributed by atoms with Crippen molar-refractivity contribution in [2.45, 2.75) is 19.9 Å². The Morgan fingerprint density at radius 2 is 2.15 bits per heavy atom. The molecule has 3 rings (SSSR count). The molecule has 0 saturated heterocycles. The first-order chi connectivity index (χ1) is 12.5. The lowest BCUT2D eigenvalue weighted by Crippen LogP contribution is -2.32. The first kappa shape index (κ1) is 18.1. The van der Waals surface area contributed by atoms with Crippen LogP contribution in [0, 0.1) is 19.7 Å². The van der Waals surface area contributed by atoms with Crippen LogP contribution in [-0.4, -0.2) is 29.3 Å². The molecular weight excluding hydrogens is 353 g/mol. The highest BCUT2D eigenvalue weighted by Gasteiger charge is 2.19. The number of carbonyl (C=O) groups is 1. The quantitative estimate of drug-likeness (QED) is 0.716. The van der Waals surface area contributed by atoms with Gasteiger partial charge in [0.25, 0.3) is 5.91 Å². The van der Waals surface area contributed by atoms with E-state index < -0.39 is 5.82 Å². The summed E-state index contributed by atoms with van der Waals surface area (Å²) in [6.45, 7) is 4.28. The minimum absolute atomic E-state index is 0.111. The van der Waals surface area contributed by atoms with Crippen LogP contribution in [0.2, 0.25) is 0 Å². The molecule has 136 valence electrons. The van der Waals surface area contributed by atoms with E-state index in [2.05, 4.69) is 10.4 Å². The van der Waals surface area contributed by atoms with Gasteiger partial charge in [-0.05, 0) is 60.5 Å². The summed E-state index contributed by atoms with van der Waals surface area (Å²) in [7, 11) is 1.39. The molecule has 1 amide bonds. The maximum absolute atomic E-state index is 13.8. The second-order valence-electron chi connectivity index (χ2n) is 6.00. The molecule has 1 atom stereocenters. The Morgan fingerprint density at radius 1 is 1.35 bits per heavy atom.